The van der Waals surface area contributed by atoms with Gasteiger partial charge in [-0.15, -0.1) is 0 Å². The summed E-state index contributed by atoms with van der Waals surface area (Å²) in [7, 11) is 1.83. The number of piperazine rings is 1. The predicted molar refractivity (Wildman–Crippen MR) is 120 cm³/mol. The molecule has 0 unspecified atom stereocenters. The Balaban J connectivity index is 1.37. The second-order valence-electron chi connectivity index (χ2n) is 7.70. The van der Waals surface area contributed by atoms with Gasteiger partial charge >= 0.3 is 5.97 Å². The second-order valence-corrected chi connectivity index (χ2v) is 8.11. The molecule has 2 N–H and O–H groups in total. The van der Waals surface area contributed by atoms with Crippen molar-refractivity contribution in [3.63, 3.8) is 0 Å². The molecular weight excluding hydrogens is 418 g/mol. The number of H-pyrrole nitrogens is 1. The number of amides is 1. The number of benzene rings is 2. The van der Waals surface area contributed by atoms with Gasteiger partial charge in [0, 0.05) is 49.3 Å². The molecule has 1 fully saturated rings. The van der Waals surface area contributed by atoms with Crippen LogP contribution in [0.3, 0.4) is 0 Å². The molecule has 1 aliphatic heterocycles. The number of carbonyl (C=O) groups excluding carboxylic acids is 1. The largest absolute Gasteiger partial charge is 0.494 e. The Bertz CT molecular complexity index is 1110. The van der Waals surface area contributed by atoms with Crippen molar-refractivity contribution in [2.45, 2.75) is 6.42 Å². The molecule has 2 heterocycles. The standard InChI is InChI=1S/C23H24ClN3O4/c1-26-8-9-27(14-22(26)28)7-2-10-31-16-5-3-15(4-6-16)17-11-18-19(23(29)30)13-25-21(18)12-20(17)24/h3-6,11-13,25H,2,7-10,14H2,1H3,(H,29,30). The van der Waals surface area contributed by atoms with E-state index in [-0.39, 0.29) is 11.5 Å². The summed E-state index contributed by atoms with van der Waals surface area (Å²) >= 11 is 6.43. The van der Waals surface area contributed by atoms with Gasteiger partial charge in [-0.2, -0.15) is 0 Å². The van der Waals surface area contributed by atoms with Crippen molar-refractivity contribution in [1.82, 2.24) is 14.8 Å². The van der Waals surface area contributed by atoms with Crippen molar-refractivity contribution in [3.8, 4) is 16.9 Å². The molecule has 0 atom stereocenters. The second kappa shape index (κ2) is 8.99. The van der Waals surface area contributed by atoms with Crippen molar-refractivity contribution >= 4 is 34.4 Å². The highest BCUT2D eigenvalue weighted by Gasteiger charge is 2.20. The topological polar surface area (TPSA) is 85.9 Å². The van der Waals surface area contributed by atoms with Crippen LogP contribution in [-0.2, 0) is 4.79 Å². The maximum absolute atomic E-state index is 11.8. The monoisotopic (exact) mass is 441 g/mol. The third kappa shape index (κ3) is 4.68. The summed E-state index contributed by atoms with van der Waals surface area (Å²) < 4.78 is 5.84. The summed E-state index contributed by atoms with van der Waals surface area (Å²) in [5, 5.41) is 10.5. The highest BCUT2D eigenvalue weighted by atomic mass is 35.5. The van der Waals surface area contributed by atoms with E-state index in [1.165, 1.54) is 6.20 Å². The lowest BCUT2D eigenvalue weighted by atomic mass is 10.0. The first kappa shape index (κ1) is 21.2. The fourth-order valence-electron chi connectivity index (χ4n) is 3.75. The summed E-state index contributed by atoms with van der Waals surface area (Å²) in [6.45, 7) is 3.54. The number of ether oxygens (including phenoxy) is 1. The van der Waals surface area contributed by atoms with Gasteiger partial charge in [-0.1, -0.05) is 23.7 Å². The van der Waals surface area contributed by atoms with Crippen LogP contribution < -0.4 is 4.74 Å². The van der Waals surface area contributed by atoms with Gasteiger partial charge < -0.3 is 19.7 Å². The molecule has 0 bridgehead atoms. The molecule has 1 saturated heterocycles. The highest BCUT2D eigenvalue weighted by molar-refractivity contribution is 6.34. The van der Waals surface area contributed by atoms with E-state index in [1.807, 2.05) is 31.3 Å². The van der Waals surface area contributed by atoms with Crippen molar-refractivity contribution in [3.05, 3.63) is 53.2 Å². The third-order valence-electron chi connectivity index (χ3n) is 5.59. The molecule has 31 heavy (non-hydrogen) atoms. The number of fused-ring (bicyclic) bond motifs is 1. The van der Waals surface area contributed by atoms with Gasteiger partial charge in [0.05, 0.1) is 23.7 Å². The lowest BCUT2D eigenvalue weighted by molar-refractivity contribution is -0.134. The third-order valence-corrected chi connectivity index (χ3v) is 5.90. The Morgan fingerprint density at radius 3 is 2.71 bits per heavy atom. The molecule has 1 amide bonds. The molecule has 1 aromatic heterocycles. The van der Waals surface area contributed by atoms with E-state index in [1.54, 1.807) is 17.0 Å². The Hall–Kier alpha value is -3.03. The van der Waals surface area contributed by atoms with E-state index in [0.29, 0.717) is 29.1 Å². The minimum absolute atomic E-state index is 0.162. The SMILES string of the molecule is CN1CCN(CCCOc2ccc(-c3cc4c(C(=O)O)c[nH]c4cc3Cl)cc2)CC1=O. The first-order valence-electron chi connectivity index (χ1n) is 10.2. The van der Waals surface area contributed by atoms with Crippen molar-refractivity contribution < 1.29 is 19.4 Å². The number of hydrogen-bond acceptors (Lipinski definition) is 4. The van der Waals surface area contributed by atoms with Crippen LogP contribution in [0.4, 0.5) is 0 Å². The van der Waals surface area contributed by atoms with Gasteiger partial charge in [0.25, 0.3) is 0 Å². The predicted octanol–water partition coefficient (Wildman–Crippen LogP) is 3.73. The van der Waals surface area contributed by atoms with Crippen LogP contribution in [0.5, 0.6) is 5.75 Å². The lowest BCUT2D eigenvalue weighted by Gasteiger charge is -2.31. The molecule has 4 rings (SSSR count). The van der Waals surface area contributed by atoms with Gasteiger partial charge in [-0.3, -0.25) is 9.69 Å². The Kier molecular flexibility index (Phi) is 6.15. The number of nitrogens with one attached hydrogen (secondary N) is 1. The Labute approximate surface area is 185 Å². The van der Waals surface area contributed by atoms with E-state index in [2.05, 4.69) is 9.88 Å². The molecule has 162 valence electrons. The molecule has 0 radical (unpaired) electrons. The zero-order chi connectivity index (χ0) is 22.0. The number of hydrogen-bond donors (Lipinski definition) is 2. The van der Waals surface area contributed by atoms with Crippen molar-refractivity contribution in [2.24, 2.45) is 0 Å². The number of carboxylic acid groups (broad SMARTS) is 1. The zero-order valence-corrected chi connectivity index (χ0v) is 18.0. The Morgan fingerprint density at radius 1 is 1.23 bits per heavy atom. The number of likely N-dealkylation sites (N-methyl/N-ethyl adjacent to an activating group) is 1. The molecule has 7 nitrogen and oxygen atoms in total. The summed E-state index contributed by atoms with van der Waals surface area (Å²) in [5.74, 6) is -0.0674. The molecule has 0 aliphatic carbocycles. The first-order valence-corrected chi connectivity index (χ1v) is 10.5. The molecule has 1 aliphatic rings. The van der Waals surface area contributed by atoms with Gasteiger partial charge in [0.15, 0.2) is 0 Å². The van der Waals surface area contributed by atoms with Crippen LogP contribution in [-0.4, -0.2) is 71.6 Å². The van der Waals surface area contributed by atoms with E-state index < -0.39 is 5.97 Å². The van der Waals surface area contributed by atoms with Crippen LogP contribution in [0.1, 0.15) is 16.8 Å². The summed E-state index contributed by atoms with van der Waals surface area (Å²) in [4.78, 5) is 30.0. The van der Waals surface area contributed by atoms with E-state index in [9.17, 15) is 14.7 Å². The number of aromatic amines is 1. The number of carbonyl (C=O) groups is 2. The number of aromatic carboxylic acids is 1. The number of carboxylic acids is 1. The molecule has 0 spiro atoms. The smallest absolute Gasteiger partial charge is 0.337 e. The highest BCUT2D eigenvalue weighted by Crippen LogP contribution is 2.34. The summed E-state index contributed by atoms with van der Waals surface area (Å²) in [6, 6.07) is 11.1. The summed E-state index contributed by atoms with van der Waals surface area (Å²) in [6.07, 6.45) is 2.31. The van der Waals surface area contributed by atoms with E-state index >= 15 is 0 Å². The maximum Gasteiger partial charge on any atom is 0.337 e. The fourth-order valence-corrected chi connectivity index (χ4v) is 4.02. The van der Waals surface area contributed by atoms with Crippen LogP contribution in [0.2, 0.25) is 5.02 Å². The lowest BCUT2D eigenvalue weighted by Crippen LogP contribution is -2.48. The van der Waals surface area contributed by atoms with Crippen LogP contribution >= 0.6 is 11.6 Å². The quantitative estimate of drug-likeness (QED) is 0.545. The minimum Gasteiger partial charge on any atom is -0.494 e. The van der Waals surface area contributed by atoms with Crippen LogP contribution in [0, 0.1) is 0 Å². The minimum atomic E-state index is -0.982. The van der Waals surface area contributed by atoms with Gasteiger partial charge in [-0.05, 0) is 36.2 Å². The average molecular weight is 442 g/mol. The number of nitrogens with zero attached hydrogens (tertiary/aromatic N) is 2. The molecule has 2 aromatic carbocycles. The number of halogens is 1. The first-order chi connectivity index (χ1) is 14.9. The van der Waals surface area contributed by atoms with Crippen LogP contribution in [0.25, 0.3) is 22.0 Å². The molecular formula is C23H24ClN3O4. The number of rotatable bonds is 7. The number of aromatic nitrogens is 1. The summed E-state index contributed by atoms with van der Waals surface area (Å²) in [5.41, 5.74) is 2.55. The van der Waals surface area contributed by atoms with E-state index in [4.69, 9.17) is 16.3 Å². The van der Waals surface area contributed by atoms with Crippen LogP contribution in [0.15, 0.2) is 42.6 Å². The maximum atomic E-state index is 11.8. The normalized spacial score (nSPS) is 14.9. The van der Waals surface area contributed by atoms with E-state index in [0.717, 1.165) is 42.9 Å². The van der Waals surface area contributed by atoms with Gasteiger partial charge in [-0.25, -0.2) is 4.79 Å². The Morgan fingerprint density at radius 2 is 2.00 bits per heavy atom. The van der Waals surface area contributed by atoms with Gasteiger partial charge in [0.1, 0.15) is 5.75 Å². The van der Waals surface area contributed by atoms with Crippen molar-refractivity contribution in [2.75, 3.05) is 39.8 Å². The molecule has 0 saturated carbocycles. The average Bonchev–Trinajstić information content (AvgIpc) is 3.16. The molecule has 8 heteroatoms. The van der Waals surface area contributed by atoms with Gasteiger partial charge in [0.2, 0.25) is 5.91 Å². The fraction of sp³-hybridized carbons (Fsp3) is 0.304. The zero-order valence-electron chi connectivity index (χ0n) is 17.2. The molecule has 3 aromatic rings. The van der Waals surface area contributed by atoms with Crippen molar-refractivity contribution in [1.29, 1.82) is 0 Å².